The molecule has 0 unspecified atom stereocenters. The van der Waals surface area contributed by atoms with Crippen LogP contribution in [0.5, 0.6) is 5.75 Å². The van der Waals surface area contributed by atoms with Gasteiger partial charge in [0.05, 0.1) is 30.8 Å². The van der Waals surface area contributed by atoms with E-state index in [1.807, 2.05) is 37.8 Å². The molecule has 138 valence electrons. The lowest BCUT2D eigenvalue weighted by atomic mass is 10.0. The molecule has 6 nitrogen and oxygen atoms in total. The number of aromatic nitrogens is 2. The van der Waals surface area contributed by atoms with Crippen LogP contribution < -0.4 is 10.1 Å². The van der Waals surface area contributed by atoms with E-state index in [0.717, 1.165) is 37.6 Å². The Balaban J connectivity index is 1.39. The summed E-state index contributed by atoms with van der Waals surface area (Å²) in [4.78, 5) is 6.63. The minimum Gasteiger partial charge on any atom is -0.489 e. The van der Waals surface area contributed by atoms with E-state index in [2.05, 4.69) is 39.0 Å². The van der Waals surface area contributed by atoms with E-state index < -0.39 is 0 Å². The van der Waals surface area contributed by atoms with Gasteiger partial charge in [-0.05, 0) is 24.8 Å². The van der Waals surface area contributed by atoms with Crippen LogP contribution in [0.25, 0.3) is 6.08 Å². The molecular formula is C20H26N4O2. The predicted molar refractivity (Wildman–Crippen MR) is 101 cm³/mol. The Morgan fingerprint density at radius 1 is 1.27 bits per heavy atom. The Morgan fingerprint density at radius 2 is 2.15 bits per heavy atom. The van der Waals surface area contributed by atoms with Crippen LogP contribution in [0.3, 0.4) is 0 Å². The number of imidazole rings is 1. The number of morpholine rings is 1. The van der Waals surface area contributed by atoms with Gasteiger partial charge in [-0.15, -0.1) is 0 Å². The first-order chi connectivity index (χ1) is 12.7. The Morgan fingerprint density at radius 3 is 3.00 bits per heavy atom. The zero-order valence-corrected chi connectivity index (χ0v) is 15.4. The SMILES string of the molecule is CN1CCO[C@@H](CNCC2=Cc3ccccc3OC2)[C@@H]1c1cncn1C. The number of para-hydroxylation sites is 1. The monoisotopic (exact) mass is 354 g/mol. The van der Waals surface area contributed by atoms with Crippen molar-refractivity contribution in [2.24, 2.45) is 7.05 Å². The fourth-order valence-electron chi connectivity index (χ4n) is 3.74. The highest BCUT2D eigenvalue weighted by Crippen LogP contribution is 2.28. The largest absolute Gasteiger partial charge is 0.489 e. The van der Waals surface area contributed by atoms with Crippen LogP contribution in [0.15, 0.2) is 42.4 Å². The van der Waals surface area contributed by atoms with E-state index >= 15 is 0 Å². The number of hydrogen-bond acceptors (Lipinski definition) is 5. The highest BCUT2D eigenvalue weighted by Gasteiger charge is 2.33. The second-order valence-corrected chi connectivity index (χ2v) is 7.02. The van der Waals surface area contributed by atoms with Crippen molar-refractivity contribution in [3.63, 3.8) is 0 Å². The van der Waals surface area contributed by atoms with Crippen LogP contribution >= 0.6 is 0 Å². The molecule has 1 aromatic carbocycles. The van der Waals surface area contributed by atoms with Crippen molar-refractivity contribution in [3.8, 4) is 5.75 Å². The molecule has 6 heteroatoms. The molecule has 1 aromatic heterocycles. The Labute approximate surface area is 154 Å². The summed E-state index contributed by atoms with van der Waals surface area (Å²) < 4.78 is 14.0. The maximum absolute atomic E-state index is 6.09. The maximum Gasteiger partial charge on any atom is 0.127 e. The number of benzene rings is 1. The summed E-state index contributed by atoms with van der Waals surface area (Å²) in [5.74, 6) is 0.963. The molecule has 0 amide bonds. The third-order valence-electron chi connectivity index (χ3n) is 5.15. The molecule has 2 aromatic rings. The summed E-state index contributed by atoms with van der Waals surface area (Å²) in [6.45, 7) is 3.92. The summed E-state index contributed by atoms with van der Waals surface area (Å²) in [5, 5.41) is 3.56. The third-order valence-corrected chi connectivity index (χ3v) is 5.15. The number of ether oxygens (including phenoxy) is 2. The molecule has 1 fully saturated rings. The fraction of sp³-hybridized carbons (Fsp3) is 0.450. The predicted octanol–water partition coefficient (Wildman–Crippen LogP) is 1.86. The van der Waals surface area contributed by atoms with Crippen molar-refractivity contribution in [2.45, 2.75) is 12.1 Å². The lowest BCUT2D eigenvalue weighted by Gasteiger charge is -2.39. The van der Waals surface area contributed by atoms with Crippen molar-refractivity contribution in [1.82, 2.24) is 19.8 Å². The smallest absolute Gasteiger partial charge is 0.127 e. The summed E-state index contributed by atoms with van der Waals surface area (Å²) >= 11 is 0. The number of hydrogen-bond donors (Lipinski definition) is 1. The van der Waals surface area contributed by atoms with Crippen molar-refractivity contribution in [2.75, 3.05) is 39.9 Å². The zero-order chi connectivity index (χ0) is 17.9. The van der Waals surface area contributed by atoms with Gasteiger partial charge in [-0.25, -0.2) is 4.98 Å². The molecule has 2 aliphatic heterocycles. The molecule has 0 spiro atoms. The summed E-state index contributed by atoms with van der Waals surface area (Å²) in [7, 11) is 4.19. The molecule has 4 rings (SSSR count). The van der Waals surface area contributed by atoms with Crippen molar-refractivity contribution in [3.05, 3.63) is 53.6 Å². The Bertz CT molecular complexity index is 786. The number of rotatable bonds is 5. The molecule has 0 aliphatic carbocycles. The Hall–Kier alpha value is -2.15. The van der Waals surface area contributed by atoms with Gasteiger partial charge < -0.3 is 19.4 Å². The molecule has 0 saturated carbocycles. The van der Waals surface area contributed by atoms with Crippen LogP contribution in [0.2, 0.25) is 0 Å². The fourth-order valence-corrected chi connectivity index (χ4v) is 3.74. The van der Waals surface area contributed by atoms with Gasteiger partial charge in [-0.3, -0.25) is 4.90 Å². The van der Waals surface area contributed by atoms with Gasteiger partial charge >= 0.3 is 0 Å². The number of aryl methyl sites for hydroxylation is 1. The molecule has 0 radical (unpaired) electrons. The first-order valence-electron chi connectivity index (χ1n) is 9.12. The van der Waals surface area contributed by atoms with Gasteiger partial charge in [0, 0.05) is 38.4 Å². The number of likely N-dealkylation sites (N-methyl/N-ethyl adjacent to an activating group) is 1. The van der Waals surface area contributed by atoms with E-state index in [9.17, 15) is 0 Å². The second-order valence-electron chi connectivity index (χ2n) is 7.02. The van der Waals surface area contributed by atoms with Crippen LogP contribution in [0.1, 0.15) is 17.3 Å². The molecular weight excluding hydrogens is 328 g/mol. The maximum atomic E-state index is 6.09. The molecule has 0 bridgehead atoms. The van der Waals surface area contributed by atoms with Gasteiger partial charge in [0.2, 0.25) is 0 Å². The average molecular weight is 354 g/mol. The number of fused-ring (bicyclic) bond motifs is 1. The molecule has 3 heterocycles. The van der Waals surface area contributed by atoms with E-state index in [1.54, 1.807) is 0 Å². The van der Waals surface area contributed by atoms with Crippen LogP contribution in [0.4, 0.5) is 0 Å². The van der Waals surface area contributed by atoms with Crippen LogP contribution in [0, 0.1) is 0 Å². The molecule has 2 atom stereocenters. The Kier molecular flexibility index (Phi) is 5.06. The lowest BCUT2D eigenvalue weighted by molar-refractivity contribution is -0.0632. The number of nitrogens with one attached hydrogen (secondary N) is 1. The van der Waals surface area contributed by atoms with E-state index in [-0.39, 0.29) is 12.1 Å². The van der Waals surface area contributed by atoms with Gasteiger partial charge in [0.25, 0.3) is 0 Å². The highest BCUT2D eigenvalue weighted by molar-refractivity contribution is 5.62. The van der Waals surface area contributed by atoms with Gasteiger partial charge in [0.1, 0.15) is 12.4 Å². The first-order valence-corrected chi connectivity index (χ1v) is 9.12. The highest BCUT2D eigenvalue weighted by atomic mass is 16.5. The van der Waals surface area contributed by atoms with Crippen LogP contribution in [-0.2, 0) is 11.8 Å². The number of nitrogens with zero attached hydrogens (tertiary/aromatic N) is 3. The summed E-state index contributed by atoms with van der Waals surface area (Å²) in [6.07, 6.45) is 6.11. The summed E-state index contributed by atoms with van der Waals surface area (Å²) in [6, 6.07) is 8.36. The lowest BCUT2D eigenvalue weighted by Crippen LogP contribution is -2.48. The van der Waals surface area contributed by atoms with Gasteiger partial charge in [-0.2, -0.15) is 0 Å². The molecule has 1 saturated heterocycles. The third kappa shape index (κ3) is 3.53. The summed E-state index contributed by atoms with van der Waals surface area (Å²) in [5.41, 5.74) is 3.59. The van der Waals surface area contributed by atoms with E-state index in [0.29, 0.717) is 6.61 Å². The van der Waals surface area contributed by atoms with Crippen molar-refractivity contribution >= 4 is 6.08 Å². The molecule has 1 N–H and O–H groups in total. The minimum atomic E-state index is 0.0987. The standard InChI is InChI=1S/C20H26N4O2/c1-23-7-8-25-19(20(23)17-11-22-14-24(17)2)12-21-10-15-9-16-5-3-4-6-18(16)26-13-15/h3-6,9,11,14,19-21H,7-8,10,12-13H2,1-2H3/t19-,20-/m0/s1. The first kappa shape index (κ1) is 17.3. The topological polar surface area (TPSA) is 51.6 Å². The van der Waals surface area contributed by atoms with Crippen LogP contribution in [-0.4, -0.2) is 60.5 Å². The van der Waals surface area contributed by atoms with Gasteiger partial charge in [0.15, 0.2) is 0 Å². The minimum absolute atomic E-state index is 0.0987. The normalized spacial score (nSPS) is 23.2. The average Bonchev–Trinajstić information content (AvgIpc) is 3.07. The van der Waals surface area contributed by atoms with Crippen molar-refractivity contribution in [1.29, 1.82) is 0 Å². The van der Waals surface area contributed by atoms with Gasteiger partial charge in [-0.1, -0.05) is 18.2 Å². The van der Waals surface area contributed by atoms with E-state index in [1.165, 1.54) is 11.3 Å². The molecule has 26 heavy (non-hydrogen) atoms. The zero-order valence-electron chi connectivity index (χ0n) is 15.4. The molecule has 2 aliphatic rings. The van der Waals surface area contributed by atoms with Crippen molar-refractivity contribution < 1.29 is 9.47 Å². The quantitative estimate of drug-likeness (QED) is 0.888. The van der Waals surface area contributed by atoms with E-state index in [4.69, 9.17) is 9.47 Å². The second kappa shape index (κ2) is 7.61.